The van der Waals surface area contributed by atoms with Crippen molar-refractivity contribution in [3.63, 3.8) is 0 Å². The molecule has 0 aliphatic heterocycles. The molecule has 0 saturated heterocycles. The third-order valence-corrected chi connectivity index (χ3v) is 3.81. The van der Waals surface area contributed by atoms with Crippen molar-refractivity contribution in [2.24, 2.45) is 0 Å². The molecule has 0 aromatic carbocycles. The highest BCUT2D eigenvalue weighted by atomic mass is 32.1. The summed E-state index contributed by atoms with van der Waals surface area (Å²) in [6, 6.07) is 0. The molecule has 0 unspecified atom stereocenters. The van der Waals surface area contributed by atoms with Gasteiger partial charge in [0.1, 0.15) is 0 Å². The monoisotopic (exact) mass is 220 g/mol. The minimum atomic E-state index is 0.152. The SMILES string of the molecule is Cc1cn2c(=O)c3c(nc2s1)CCCC3. The van der Waals surface area contributed by atoms with Crippen LogP contribution in [0.5, 0.6) is 0 Å². The van der Waals surface area contributed by atoms with Crippen molar-refractivity contribution < 1.29 is 0 Å². The summed E-state index contributed by atoms with van der Waals surface area (Å²) in [5, 5.41) is 0. The quantitative estimate of drug-likeness (QED) is 0.680. The van der Waals surface area contributed by atoms with Crippen molar-refractivity contribution >= 4 is 16.3 Å². The Hall–Kier alpha value is -1.16. The number of thiazole rings is 1. The fraction of sp³-hybridized carbons (Fsp3) is 0.455. The van der Waals surface area contributed by atoms with Gasteiger partial charge in [-0.05, 0) is 32.6 Å². The normalized spacial score (nSPS) is 15.5. The molecule has 1 aliphatic carbocycles. The van der Waals surface area contributed by atoms with Crippen molar-refractivity contribution in [3.8, 4) is 0 Å². The highest BCUT2D eigenvalue weighted by molar-refractivity contribution is 7.16. The number of nitrogens with zero attached hydrogens (tertiary/aromatic N) is 2. The molecule has 0 fully saturated rings. The van der Waals surface area contributed by atoms with E-state index >= 15 is 0 Å². The van der Waals surface area contributed by atoms with Crippen molar-refractivity contribution in [3.05, 3.63) is 32.7 Å². The average molecular weight is 220 g/mol. The summed E-state index contributed by atoms with van der Waals surface area (Å²) in [7, 11) is 0. The van der Waals surface area contributed by atoms with Crippen LogP contribution in [-0.2, 0) is 12.8 Å². The summed E-state index contributed by atoms with van der Waals surface area (Å²) in [5.41, 5.74) is 2.13. The molecule has 0 N–H and O–H groups in total. The summed E-state index contributed by atoms with van der Waals surface area (Å²) in [6.45, 7) is 2.01. The van der Waals surface area contributed by atoms with Gasteiger partial charge in [0, 0.05) is 16.6 Å². The molecular formula is C11H12N2OS. The summed E-state index contributed by atoms with van der Waals surface area (Å²) in [5.74, 6) is 0. The maximum Gasteiger partial charge on any atom is 0.261 e. The van der Waals surface area contributed by atoms with Crippen LogP contribution in [0.3, 0.4) is 0 Å². The zero-order chi connectivity index (χ0) is 10.4. The van der Waals surface area contributed by atoms with Crippen LogP contribution >= 0.6 is 11.3 Å². The van der Waals surface area contributed by atoms with Gasteiger partial charge in [0.25, 0.3) is 5.56 Å². The zero-order valence-electron chi connectivity index (χ0n) is 8.62. The molecular weight excluding hydrogens is 208 g/mol. The predicted molar refractivity (Wildman–Crippen MR) is 60.7 cm³/mol. The van der Waals surface area contributed by atoms with Gasteiger partial charge in [-0.15, -0.1) is 11.3 Å². The van der Waals surface area contributed by atoms with Crippen LogP contribution in [0.25, 0.3) is 4.96 Å². The highest BCUT2D eigenvalue weighted by Crippen LogP contribution is 2.20. The Balaban J connectivity index is 2.40. The molecule has 15 heavy (non-hydrogen) atoms. The lowest BCUT2D eigenvalue weighted by Gasteiger charge is -2.13. The topological polar surface area (TPSA) is 34.4 Å². The molecule has 4 heteroatoms. The van der Waals surface area contributed by atoms with Crippen LogP contribution in [0.4, 0.5) is 0 Å². The van der Waals surface area contributed by atoms with Crippen LogP contribution in [0, 0.1) is 6.92 Å². The molecule has 0 radical (unpaired) electrons. The van der Waals surface area contributed by atoms with Crippen molar-refractivity contribution in [2.45, 2.75) is 32.6 Å². The predicted octanol–water partition coefficient (Wildman–Crippen LogP) is 1.94. The Morgan fingerprint density at radius 1 is 1.40 bits per heavy atom. The van der Waals surface area contributed by atoms with Gasteiger partial charge in [-0.3, -0.25) is 9.20 Å². The third kappa shape index (κ3) is 1.32. The first kappa shape index (κ1) is 9.09. The molecule has 3 nitrogen and oxygen atoms in total. The number of aryl methyl sites for hydroxylation is 2. The molecule has 2 aromatic rings. The lowest BCUT2D eigenvalue weighted by Crippen LogP contribution is -2.23. The molecule has 2 aromatic heterocycles. The van der Waals surface area contributed by atoms with E-state index in [4.69, 9.17) is 0 Å². The highest BCUT2D eigenvalue weighted by Gasteiger charge is 2.16. The third-order valence-electron chi connectivity index (χ3n) is 2.92. The molecule has 1 aliphatic rings. The Kier molecular flexibility index (Phi) is 1.92. The molecule has 78 valence electrons. The Morgan fingerprint density at radius 2 is 2.20 bits per heavy atom. The number of hydrogen-bond donors (Lipinski definition) is 0. The smallest absolute Gasteiger partial charge is 0.261 e. The van der Waals surface area contributed by atoms with Crippen molar-refractivity contribution in [1.29, 1.82) is 0 Å². The van der Waals surface area contributed by atoms with Gasteiger partial charge in [-0.1, -0.05) is 0 Å². The minimum Gasteiger partial charge on any atom is -0.269 e. The summed E-state index contributed by atoms with van der Waals surface area (Å²) in [4.78, 5) is 18.7. The van der Waals surface area contributed by atoms with Crippen LogP contribution in [0.2, 0.25) is 0 Å². The summed E-state index contributed by atoms with van der Waals surface area (Å²) >= 11 is 1.59. The van der Waals surface area contributed by atoms with Gasteiger partial charge >= 0.3 is 0 Å². The largest absolute Gasteiger partial charge is 0.269 e. The zero-order valence-corrected chi connectivity index (χ0v) is 9.43. The lowest BCUT2D eigenvalue weighted by atomic mass is 9.97. The molecule has 0 amide bonds. The standard InChI is InChI=1S/C11H12N2OS/c1-7-6-13-10(14)8-4-2-3-5-9(8)12-11(13)15-7/h6H,2-5H2,1H3. The Bertz CT molecular complexity index is 582. The fourth-order valence-corrected chi connectivity index (χ4v) is 3.02. The van der Waals surface area contributed by atoms with Gasteiger partial charge in [0.15, 0.2) is 4.96 Å². The van der Waals surface area contributed by atoms with E-state index in [0.29, 0.717) is 0 Å². The summed E-state index contributed by atoms with van der Waals surface area (Å²) < 4.78 is 1.70. The first-order valence-corrected chi connectivity index (χ1v) is 6.08. The van der Waals surface area contributed by atoms with E-state index in [1.807, 2.05) is 13.1 Å². The van der Waals surface area contributed by atoms with Crippen LogP contribution in [0.1, 0.15) is 29.0 Å². The number of rotatable bonds is 0. The summed E-state index contributed by atoms with van der Waals surface area (Å²) in [6.07, 6.45) is 6.06. The van der Waals surface area contributed by atoms with Crippen LogP contribution in [0.15, 0.2) is 11.0 Å². The van der Waals surface area contributed by atoms with E-state index in [1.54, 1.807) is 15.7 Å². The first-order valence-electron chi connectivity index (χ1n) is 5.26. The average Bonchev–Trinajstić information content (AvgIpc) is 2.59. The second-order valence-electron chi connectivity index (χ2n) is 4.04. The minimum absolute atomic E-state index is 0.152. The first-order chi connectivity index (χ1) is 7.25. The van der Waals surface area contributed by atoms with E-state index in [-0.39, 0.29) is 5.56 Å². The molecule has 0 atom stereocenters. The second-order valence-corrected chi connectivity index (χ2v) is 5.26. The number of fused-ring (bicyclic) bond motifs is 2. The van der Waals surface area contributed by atoms with Crippen molar-refractivity contribution in [1.82, 2.24) is 9.38 Å². The Labute approximate surface area is 91.4 Å². The van der Waals surface area contributed by atoms with Crippen molar-refractivity contribution in [2.75, 3.05) is 0 Å². The van der Waals surface area contributed by atoms with E-state index in [0.717, 1.165) is 40.4 Å². The lowest BCUT2D eigenvalue weighted by molar-refractivity contribution is 0.658. The molecule has 3 rings (SSSR count). The fourth-order valence-electron chi connectivity index (χ4n) is 2.18. The number of aromatic nitrogens is 2. The van der Waals surface area contributed by atoms with E-state index in [9.17, 15) is 4.79 Å². The van der Waals surface area contributed by atoms with Gasteiger partial charge in [0.2, 0.25) is 0 Å². The van der Waals surface area contributed by atoms with Gasteiger partial charge < -0.3 is 0 Å². The Morgan fingerprint density at radius 3 is 3.07 bits per heavy atom. The van der Waals surface area contributed by atoms with Gasteiger partial charge in [-0.2, -0.15) is 0 Å². The molecule has 0 spiro atoms. The maximum atomic E-state index is 12.1. The van der Waals surface area contributed by atoms with E-state index in [1.165, 1.54) is 6.42 Å². The maximum absolute atomic E-state index is 12.1. The second kappa shape index (κ2) is 3.17. The van der Waals surface area contributed by atoms with E-state index in [2.05, 4.69) is 4.98 Å². The van der Waals surface area contributed by atoms with Crippen LogP contribution in [-0.4, -0.2) is 9.38 Å². The van der Waals surface area contributed by atoms with Gasteiger partial charge in [0.05, 0.1) is 5.69 Å². The molecule has 0 saturated carbocycles. The molecule has 0 bridgehead atoms. The van der Waals surface area contributed by atoms with Gasteiger partial charge in [-0.25, -0.2) is 4.98 Å². The number of hydrogen-bond acceptors (Lipinski definition) is 3. The van der Waals surface area contributed by atoms with E-state index < -0.39 is 0 Å². The van der Waals surface area contributed by atoms with Crippen LogP contribution < -0.4 is 5.56 Å². The molecule has 2 heterocycles.